The fourth-order valence-corrected chi connectivity index (χ4v) is 1.74. The van der Waals surface area contributed by atoms with Gasteiger partial charge in [0.05, 0.1) is 6.20 Å². The average molecular weight is 258 g/mol. The lowest BCUT2D eigenvalue weighted by Gasteiger charge is -2.13. The van der Waals surface area contributed by atoms with Crippen LogP contribution in [-0.2, 0) is 11.2 Å². The van der Waals surface area contributed by atoms with Gasteiger partial charge in [0.1, 0.15) is 0 Å². The van der Waals surface area contributed by atoms with Crippen LogP contribution in [0.25, 0.3) is 11.3 Å². The van der Waals surface area contributed by atoms with Crippen molar-refractivity contribution in [3.8, 4) is 11.3 Å². The molecule has 0 bridgehead atoms. The topological polar surface area (TPSA) is 46.3 Å². The molecule has 1 aromatic heterocycles. The van der Waals surface area contributed by atoms with E-state index in [2.05, 4.69) is 4.98 Å². The van der Waals surface area contributed by atoms with Crippen LogP contribution in [0.15, 0.2) is 40.9 Å². The Morgan fingerprint density at radius 2 is 2.05 bits per heavy atom. The molecule has 0 aliphatic rings. The molecule has 0 N–H and O–H groups in total. The van der Waals surface area contributed by atoms with Gasteiger partial charge < -0.3 is 9.32 Å². The number of carbonyl (C=O) groups is 1. The minimum Gasteiger partial charge on any atom is -0.441 e. The molecule has 4 heteroatoms. The molecule has 0 aliphatic carbocycles. The smallest absolute Gasteiger partial charge is 0.222 e. The number of benzene rings is 1. The summed E-state index contributed by atoms with van der Waals surface area (Å²) < 4.78 is 5.65. The van der Waals surface area contributed by atoms with Crippen LogP contribution >= 0.6 is 0 Å². The Kier molecular flexibility index (Phi) is 4.34. The number of carbonyl (C=O) groups excluding carboxylic acids is 1. The number of rotatable bonds is 5. The predicted octanol–water partition coefficient (Wildman–Crippen LogP) is 2.75. The first-order chi connectivity index (χ1) is 9.20. The minimum atomic E-state index is 0.113. The summed E-state index contributed by atoms with van der Waals surface area (Å²) in [5.74, 6) is 1.46. The van der Waals surface area contributed by atoms with E-state index in [1.165, 1.54) is 0 Å². The summed E-state index contributed by atoms with van der Waals surface area (Å²) in [6, 6.07) is 9.81. The molecule has 2 rings (SSSR count). The minimum absolute atomic E-state index is 0.113. The Bertz CT molecular complexity index is 534. The molecular weight excluding hydrogens is 240 g/mol. The van der Waals surface area contributed by atoms with Crippen molar-refractivity contribution in [2.75, 3.05) is 13.6 Å². The normalized spacial score (nSPS) is 10.4. The molecule has 2 aromatic rings. The molecule has 0 fully saturated rings. The Balaban J connectivity index is 1.97. The van der Waals surface area contributed by atoms with E-state index in [0.717, 1.165) is 17.9 Å². The van der Waals surface area contributed by atoms with Gasteiger partial charge in [-0.25, -0.2) is 4.98 Å². The zero-order valence-corrected chi connectivity index (χ0v) is 11.3. The SMILES string of the molecule is CCN(C)C(=O)CCc1ncc(-c2ccccc2)o1. The summed E-state index contributed by atoms with van der Waals surface area (Å²) in [5.41, 5.74) is 0.998. The highest BCUT2D eigenvalue weighted by atomic mass is 16.4. The number of nitrogens with zero attached hydrogens (tertiary/aromatic N) is 2. The van der Waals surface area contributed by atoms with Gasteiger partial charge in [-0.2, -0.15) is 0 Å². The molecule has 1 amide bonds. The van der Waals surface area contributed by atoms with E-state index >= 15 is 0 Å². The quantitative estimate of drug-likeness (QED) is 0.828. The maximum Gasteiger partial charge on any atom is 0.222 e. The highest BCUT2D eigenvalue weighted by Crippen LogP contribution is 2.20. The lowest BCUT2D eigenvalue weighted by molar-refractivity contribution is -0.129. The first-order valence-corrected chi connectivity index (χ1v) is 6.44. The van der Waals surface area contributed by atoms with Gasteiger partial charge in [0.2, 0.25) is 5.91 Å². The van der Waals surface area contributed by atoms with Crippen LogP contribution in [0.4, 0.5) is 0 Å². The van der Waals surface area contributed by atoms with Crippen molar-refractivity contribution in [1.82, 2.24) is 9.88 Å². The number of aromatic nitrogens is 1. The summed E-state index contributed by atoms with van der Waals surface area (Å²) >= 11 is 0. The van der Waals surface area contributed by atoms with Crippen molar-refractivity contribution in [2.45, 2.75) is 19.8 Å². The molecule has 0 saturated heterocycles. The summed E-state index contributed by atoms with van der Waals surface area (Å²) in [4.78, 5) is 17.6. The predicted molar refractivity (Wildman–Crippen MR) is 73.6 cm³/mol. The molecule has 0 saturated carbocycles. The number of hydrogen-bond donors (Lipinski definition) is 0. The van der Waals surface area contributed by atoms with Crippen LogP contribution in [0.2, 0.25) is 0 Å². The van der Waals surface area contributed by atoms with Gasteiger partial charge in [0.25, 0.3) is 0 Å². The van der Waals surface area contributed by atoms with Gasteiger partial charge in [0, 0.05) is 32.0 Å². The molecule has 0 atom stereocenters. The Morgan fingerprint density at radius 3 is 2.74 bits per heavy atom. The van der Waals surface area contributed by atoms with Gasteiger partial charge in [-0.3, -0.25) is 4.79 Å². The first-order valence-electron chi connectivity index (χ1n) is 6.44. The average Bonchev–Trinajstić information content (AvgIpc) is 2.93. The third kappa shape index (κ3) is 3.44. The Hall–Kier alpha value is -2.10. The van der Waals surface area contributed by atoms with Crippen molar-refractivity contribution in [2.24, 2.45) is 0 Å². The third-order valence-corrected chi connectivity index (χ3v) is 3.06. The van der Waals surface area contributed by atoms with Crippen LogP contribution in [0, 0.1) is 0 Å². The van der Waals surface area contributed by atoms with Gasteiger partial charge in [-0.15, -0.1) is 0 Å². The number of aryl methyl sites for hydroxylation is 1. The fourth-order valence-electron chi connectivity index (χ4n) is 1.74. The molecule has 19 heavy (non-hydrogen) atoms. The van der Waals surface area contributed by atoms with Crippen molar-refractivity contribution >= 4 is 5.91 Å². The maximum atomic E-state index is 11.7. The Labute approximate surface area is 113 Å². The number of amides is 1. The zero-order valence-electron chi connectivity index (χ0n) is 11.3. The summed E-state index contributed by atoms with van der Waals surface area (Å²) in [6.07, 6.45) is 2.67. The molecule has 0 unspecified atom stereocenters. The molecule has 0 radical (unpaired) electrons. The second kappa shape index (κ2) is 6.18. The van der Waals surface area contributed by atoms with Crippen molar-refractivity contribution in [3.63, 3.8) is 0 Å². The third-order valence-electron chi connectivity index (χ3n) is 3.06. The second-order valence-electron chi connectivity index (χ2n) is 4.39. The number of hydrogen-bond acceptors (Lipinski definition) is 3. The highest BCUT2D eigenvalue weighted by Gasteiger charge is 2.10. The van der Waals surface area contributed by atoms with Gasteiger partial charge in [0.15, 0.2) is 11.7 Å². The summed E-state index contributed by atoms with van der Waals surface area (Å²) in [6.45, 7) is 2.68. The van der Waals surface area contributed by atoms with Crippen LogP contribution in [-0.4, -0.2) is 29.4 Å². The van der Waals surface area contributed by atoms with Gasteiger partial charge in [-0.05, 0) is 6.92 Å². The first kappa shape index (κ1) is 13.3. The monoisotopic (exact) mass is 258 g/mol. The lowest BCUT2D eigenvalue weighted by Crippen LogP contribution is -2.26. The molecule has 0 spiro atoms. The van der Waals surface area contributed by atoms with Crippen LogP contribution in [0.1, 0.15) is 19.2 Å². The molecular formula is C15H18N2O2. The molecule has 1 aromatic carbocycles. The largest absolute Gasteiger partial charge is 0.441 e. The van der Waals surface area contributed by atoms with Crippen molar-refractivity contribution in [1.29, 1.82) is 0 Å². The molecule has 4 nitrogen and oxygen atoms in total. The van der Waals surface area contributed by atoms with Crippen molar-refractivity contribution < 1.29 is 9.21 Å². The van der Waals surface area contributed by atoms with Gasteiger partial charge >= 0.3 is 0 Å². The van der Waals surface area contributed by atoms with E-state index in [4.69, 9.17) is 4.42 Å². The van der Waals surface area contributed by atoms with E-state index in [1.54, 1.807) is 18.1 Å². The molecule has 1 heterocycles. The van der Waals surface area contributed by atoms with Crippen LogP contribution in [0.3, 0.4) is 0 Å². The van der Waals surface area contributed by atoms with E-state index < -0.39 is 0 Å². The highest BCUT2D eigenvalue weighted by molar-refractivity contribution is 5.75. The van der Waals surface area contributed by atoms with E-state index in [1.807, 2.05) is 37.3 Å². The summed E-state index contributed by atoms with van der Waals surface area (Å²) in [5, 5.41) is 0. The molecule has 0 aliphatic heterocycles. The second-order valence-corrected chi connectivity index (χ2v) is 4.39. The Morgan fingerprint density at radius 1 is 1.32 bits per heavy atom. The molecule has 100 valence electrons. The van der Waals surface area contributed by atoms with Gasteiger partial charge in [-0.1, -0.05) is 30.3 Å². The van der Waals surface area contributed by atoms with E-state index in [9.17, 15) is 4.79 Å². The van der Waals surface area contributed by atoms with E-state index in [-0.39, 0.29) is 5.91 Å². The number of oxazole rings is 1. The fraction of sp³-hybridized carbons (Fsp3) is 0.333. The lowest BCUT2D eigenvalue weighted by atomic mass is 10.2. The standard InChI is InChI=1S/C15H18N2O2/c1-3-17(2)15(18)10-9-14-16-11-13(19-14)12-7-5-4-6-8-12/h4-8,11H,3,9-10H2,1-2H3. The van der Waals surface area contributed by atoms with Crippen molar-refractivity contribution in [3.05, 3.63) is 42.4 Å². The van der Waals surface area contributed by atoms with Crippen LogP contribution in [0.5, 0.6) is 0 Å². The van der Waals surface area contributed by atoms with E-state index in [0.29, 0.717) is 18.7 Å². The van der Waals surface area contributed by atoms with Crippen LogP contribution < -0.4 is 0 Å². The maximum absolute atomic E-state index is 11.7. The summed E-state index contributed by atoms with van der Waals surface area (Å²) in [7, 11) is 1.80. The zero-order chi connectivity index (χ0) is 13.7.